The predicted octanol–water partition coefficient (Wildman–Crippen LogP) is 1.78. The minimum absolute atomic E-state index is 0.395. The second kappa shape index (κ2) is 5.83. The van der Waals surface area contributed by atoms with Crippen LogP contribution in [0.25, 0.3) is 0 Å². The molecule has 0 bridgehead atoms. The molecular formula is C14H24N4O2. The quantitative estimate of drug-likeness (QED) is 0.917. The number of ether oxygens (including phenoxy) is 1. The van der Waals surface area contributed by atoms with Crippen molar-refractivity contribution < 1.29 is 9.53 Å². The fourth-order valence-corrected chi connectivity index (χ4v) is 2.41. The average molecular weight is 280 g/mol. The van der Waals surface area contributed by atoms with E-state index >= 15 is 0 Å². The minimum Gasteiger partial charge on any atom is -0.444 e. The van der Waals surface area contributed by atoms with Crippen LogP contribution in [0.3, 0.4) is 0 Å². The number of carbonyl (C=O) groups is 1. The number of likely N-dealkylation sites (tertiary alicyclic amines) is 1. The van der Waals surface area contributed by atoms with E-state index in [-0.39, 0.29) is 0 Å². The van der Waals surface area contributed by atoms with E-state index in [4.69, 9.17) is 4.74 Å². The molecule has 0 radical (unpaired) electrons. The molecular weight excluding hydrogens is 256 g/mol. The number of alkyl carbamates (subject to hydrolysis) is 1. The molecule has 6 heteroatoms. The molecule has 1 aliphatic rings. The third kappa shape index (κ3) is 3.96. The zero-order valence-corrected chi connectivity index (χ0v) is 12.7. The average Bonchev–Trinajstić information content (AvgIpc) is 2.92. The van der Waals surface area contributed by atoms with E-state index < -0.39 is 11.7 Å². The first-order valence-corrected chi connectivity index (χ1v) is 7.01. The summed E-state index contributed by atoms with van der Waals surface area (Å²) >= 11 is 0. The van der Waals surface area contributed by atoms with E-state index in [2.05, 4.69) is 26.8 Å². The van der Waals surface area contributed by atoms with Gasteiger partial charge in [0.2, 0.25) is 0 Å². The summed E-state index contributed by atoms with van der Waals surface area (Å²) in [5, 5.41) is 2.78. The Bertz CT molecular complexity index is 464. The van der Waals surface area contributed by atoms with Crippen molar-refractivity contribution in [1.29, 1.82) is 0 Å². The molecule has 2 heterocycles. The maximum absolute atomic E-state index is 11.7. The van der Waals surface area contributed by atoms with Gasteiger partial charge in [-0.3, -0.25) is 0 Å². The Kier molecular flexibility index (Phi) is 4.32. The van der Waals surface area contributed by atoms with E-state index in [1.807, 2.05) is 27.1 Å². The molecule has 6 nitrogen and oxygen atoms in total. The number of carbonyl (C=O) groups excluding carboxylic acids is 1. The summed E-state index contributed by atoms with van der Waals surface area (Å²) in [5.74, 6) is 0. The monoisotopic (exact) mass is 280 g/mol. The Labute approximate surface area is 120 Å². The van der Waals surface area contributed by atoms with Gasteiger partial charge in [0.05, 0.1) is 18.6 Å². The maximum atomic E-state index is 11.7. The van der Waals surface area contributed by atoms with Crippen LogP contribution in [0.1, 0.15) is 38.9 Å². The van der Waals surface area contributed by atoms with Crippen LogP contribution in [0.2, 0.25) is 0 Å². The van der Waals surface area contributed by atoms with E-state index in [0.29, 0.717) is 12.6 Å². The molecule has 1 atom stereocenters. The van der Waals surface area contributed by atoms with Gasteiger partial charge in [-0.25, -0.2) is 9.78 Å². The van der Waals surface area contributed by atoms with Crippen molar-refractivity contribution in [3.05, 3.63) is 18.2 Å². The molecule has 1 N–H and O–H groups in total. The molecule has 2 rings (SSSR count). The molecule has 0 aliphatic carbocycles. The standard InChI is InChI=1S/C14H24N4O2/c1-14(2,3)20-13(19)16-8-12-7-15-10-18(12)11-5-6-17(4)9-11/h7,10-11H,5-6,8-9H2,1-4H3,(H,16,19). The van der Waals surface area contributed by atoms with Gasteiger partial charge in [0.25, 0.3) is 0 Å². The summed E-state index contributed by atoms with van der Waals surface area (Å²) < 4.78 is 7.38. The van der Waals surface area contributed by atoms with Crippen LogP contribution in [0, 0.1) is 0 Å². The number of imidazole rings is 1. The fraction of sp³-hybridized carbons (Fsp3) is 0.714. The molecule has 1 aromatic rings. The summed E-state index contributed by atoms with van der Waals surface area (Å²) in [4.78, 5) is 18.2. The predicted molar refractivity (Wildman–Crippen MR) is 76.5 cm³/mol. The van der Waals surface area contributed by atoms with Gasteiger partial charge in [0.15, 0.2) is 0 Å². The van der Waals surface area contributed by atoms with E-state index in [9.17, 15) is 4.79 Å². The second-order valence-corrected chi connectivity index (χ2v) is 6.35. The van der Waals surface area contributed by atoms with Gasteiger partial charge < -0.3 is 19.5 Å². The lowest BCUT2D eigenvalue weighted by Gasteiger charge is -2.20. The lowest BCUT2D eigenvalue weighted by Crippen LogP contribution is -2.32. The van der Waals surface area contributed by atoms with Crippen molar-refractivity contribution in [2.24, 2.45) is 0 Å². The summed E-state index contributed by atoms with van der Waals surface area (Å²) in [6, 6.07) is 0.443. The molecule has 1 amide bonds. The smallest absolute Gasteiger partial charge is 0.407 e. The summed E-state index contributed by atoms with van der Waals surface area (Å²) in [6.45, 7) is 8.12. The minimum atomic E-state index is -0.474. The van der Waals surface area contributed by atoms with Crippen molar-refractivity contribution in [3.8, 4) is 0 Å². The first kappa shape index (κ1) is 14.8. The topological polar surface area (TPSA) is 59.4 Å². The SMILES string of the molecule is CN1CCC(n2cncc2CNC(=O)OC(C)(C)C)C1. The van der Waals surface area contributed by atoms with Crippen molar-refractivity contribution in [2.45, 2.75) is 45.4 Å². The van der Waals surface area contributed by atoms with Crippen molar-refractivity contribution in [1.82, 2.24) is 19.8 Å². The van der Waals surface area contributed by atoms with Gasteiger partial charge >= 0.3 is 6.09 Å². The van der Waals surface area contributed by atoms with Crippen LogP contribution in [0.4, 0.5) is 4.79 Å². The first-order chi connectivity index (χ1) is 9.35. The number of nitrogens with one attached hydrogen (secondary N) is 1. The van der Waals surface area contributed by atoms with Gasteiger partial charge in [0.1, 0.15) is 5.60 Å². The molecule has 112 valence electrons. The number of aromatic nitrogens is 2. The van der Waals surface area contributed by atoms with E-state index in [1.54, 1.807) is 6.20 Å². The van der Waals surface area contributed by atoms with Gasteiger partial charge in [-0.2, -0.15) is 0 Å². The molecule has 1 saturated heterocycles. The molecule has 20 heavy (non-hydrogen) atoms. The van der Waals surface area contributed by atoms with Crippen LogP contribution in [0.5, 0.6) is 0 Å². The zero-order valence-electron chi connectivity index (χ0n) is 12.7. The van der Waals surface area contributed by atoms with Gasteiger partial charge in [-0.05, 0) is 40.8 Å². The molecule has 0 saturated carbocycles. The fourth-order valence-electron chi connectivity index (χ4n) is 2.41. The largest absolute Gasteiger partial charge is 0.444 e. The Morgan fingerprint density at radius 2 is 2.30 bits per heavy atom. The van der Waals surface area contributed by atoms with Crippen molar-refractivity contribution >= 4 is 6.09 Å². The van der Waals surface area contributed by atoms with Gasteiger partial charge in [0, 0.05) is 18.8 Å². The highest BCUT2D eigenvalue weighted by Gasteiger charge is 2.23. The van der Waals surface area contributed by atoms with Gasteiger partial charge in [-0.1, -0.05) is 0 Å². The van der Waals surface area contributed by atoms with Crippen LogP contribution in [-0.2, 0) is 11.3 Å². The highest BCUT2D eigenvalue weighted by molar-refractivity contribution is 5.67. The Morgan fingerprint density at radius 3 is 2.90 bits per heavy atom. The van der Waals surface area contributed by atoms with Crippen LogP contribution >= 0.6 is 0 Å². The maximum Gasteiger partial charge on any atom is 0.407 e. The Hall–Kier alpha value is -1.56. The van der Waals surface area contributed by atoms with Gasteiger partial charge in [-0.15, -0.1) is 0 Å². The number of nitrogens with zero attached hydrogens (tertiary/aromatic N) is 3. The van der Waals surface area contributed by atoms with Crippen molar-refractivity contribution in [2.75, 3.05) is 20.1 Å². The summed E-state index contributed by atoms with van der Waals surface area (Å²) in [6.07, 6.45) is 4.37. The normalized spacial score (nSPS) is 20.1. The highest BCUT2D eigenvalue weighted by Crippen LogP contribution is 2.21. The third-order valence-electron chi connectivity index (χ3n) is 3.32. The van der Waals surface area contributed by atoms with E-state index in [1.165, 1.54) is 0 Å². The first-order valence-electron chi connectivity index (χ1n) is 7.01. The summed E-state index contributed by atoms with van der Waals surface area (Å²) in [5.41, 5.74) is 0.537. The number of rotatable bonds is 3. The molecule has 0 aromatic carbocycles. The lowest BCUT2D eigenvalue weighted by molar-refractivity contribution is 0.0522. The highest BCUT2D eigenvalue weighted by atomic mass is 16.6. The number of hydrogen-bond acceptors (Lipinski definition) is 4. The lowest BCUT2D eigenvalue weighted by atomic mass is 10.2. The molecule has 1 fully saturated rings. The third-order valence-corrected chi connectivity index (χ3v) is 3.32. The van der Waals surface area contributed by atoms with Crippen LogP contribution in [0.15, 0.2) is 12.5 Å². The zero-order chi connectivity index (χ0) is 14.8. The van der Waals surface area contributed by atoms with Crippen molar-refractivity contribution in [3.63, 3.8) is 0 Å². The number of hydrogen-bond donors (Lipinski definition) is 1. The molecule has 1 aromatic heterocycles. The summed E-state index contributed by atoms with van der Waals surface area (Å²) in [7, 11) is 2.12. The Morgan fingerprint density at radius 1 is 1.55 bits per heavy atom. The van der Waals surface area contributed by atoms with E-state index in [0.717, 1.165) is 25.2 Å². The molecule has 1 aliphatic heterocycles. The second-order valence-electron chi connectivity index (χ2n) is 6.35. The number of amides is 1. The Balaban J connectivity index is 1.91. The molecule has 1 unspecified atom stereocenters. The van der Waals surface area contributed by atoms with Crippen LogP contribution in [-0.4, -0.2) is 46.3 Å². The molecule has 0 spiro atoms. The van der Waals surface area contributed by atoms with Crippen LogP contribution < -0.4 is 5.32 Å². The number of likely N-dealkylation sites (N-methyl/N-ethyl adjacent to an activating group) is 1.